The van der Waals surface area contributed by atoms with Gasteiger partial charge in [-0.05, 0) is 78.1 Å². The number of imidazole rings is 1. The summed E-state index contributed by atoms with van der Waals surface area (Å²) in [6.07, 6.45) is 2.97. The van der Waals surface area contributed by atoms with Crippen LogP contribution in [0.3, 0.4) is 0 Å². The van der Waals surface area contributed by atoms with Crippen molar-refractivity contribution in [1.29, 1.82) is 0 Å². The molecular formula is C29H22F4N4O. The van der Waals surface area contributed by atoms with Crippen LogP contribution in [-0.2, 0) is 12.6 Å². The van der Waals surface area contributed by atoms with Gasteiger partial charge in [0.25, 0.3) is 5.91 Å². The number of nitrogens with zero attached hydrogens (tertiary/aromatic N) is 3. The van der Waals surface area contributed by atoms with Crippen LogP contribution in [0, 0.1) is 12.7 Å². The maximum absolute atomic E-state index is 14.2. The third-order valence-corrected chi connectivity index (χ3v) is 6.30. The van der Waals surface area contributed by atoms with Crippen molar-refractivity contribution in [3.8, 4) is 22.4 Å². The van der Waals surface area contributed by atoms with Crippen molar-refractivity contribution in [3.05, 3.63) is 107 Å². The van der Waals surface area contributed by atoms with Gasteiger partial charge in [-0.1, -0.05) is 19.1 Å². The van der Waals surface area contributed by atoms with Crippen LogP contribution >= 0.6 is 0 Å². The van der Waals surface area contributed by atoms with Gasteiger partial charge in [-0.25, -0.2) is 9.37 Å². The lowest BCUT2D eigenvalue weighted by Gasteiger charge is -2.14. The van der Waals surface area contributed by atoms with Gasteiger partial charge in [0, 0.05) is 23.5 Å². The summed E-state index contributed by atoms with van der Waals surface area (Å²) in [5.41, 5.74) is 4.73. The van der Waals surface area contributed by atoms with E-state index >= 15 is 0 Å². The Morgan fingerprint density at radius 2 is 1.79 bits per heavy atom. The SMILES string of the molecule is CCc1ccc(C(=O)Nc2cc(C(F)(F)F)ccc2F)cc1-c1cc(C)cc(-c2cnc3cnccn23)c1. The summed E-state index contributed by atoms with van der Waals surface area (Å²) in [4.78, 5) is 21.5. The van der Waals surface area contributed by atoms with Crippen LogP contribution in [0.15, 0.2) is 79.4 Å². The minimum absolute atomic E-state index is 0.193. The first-order valence-electron chi connectivity index (χ1n) is 11.8. The molecule has 0 saturated carbocycles. The number of carbonyl (C=O) groups is 1. The van der Waals surface area contributed by atoms with Crippen molar-refractivity contribution in [2.24, 2.45) is 0 Å². The second-order valence-electron chi connectivity index (χ2n) is 8.91. The first-order valence-corrected chi connectivity index (χ1v) is 11.8. The molecule has 0 aliphatic heterocycles. The van der Waals surface area contributed by atoms with Gasteiger partial charge in [0.1, 0.15) is 5.82 Å². The van der Waals surface area contributed by atoms with Gasteiger partial charge in [0.05, 0.1) is 29.3 Å². The molecule has 5 nitrogen and oxygen atoms in total. The Bertz CT molecular complexity index is 1670. The van der Waals surface area contributed by atoms with E-state index in [1.807, 2.05) is 42.6 Å². The van der Waals surface area contributed by atoms with Crippen molar-refractivity contribution >= 4 is 17.2 Å². The van der Waals surface area contributed by atoms with Crippen LogP contribution in [0.4, 0.5) is 23.2 Å². The summed E-state index contributed by atoms with van der Waals surface area (Å²) in [7, 11) is 0. The molecule has 0 aliphatic carbocycles. The van der Waals surface area contributed by atoms with Gasteiger partial charge < -0.3 is 5.32 Å². The summed E-state index contributed by atoms with van der Waals surface area (Å²) in [6, 6.07) is 13.0. The molecule has 2 heterocycles. The van der Waals surface area contributed by atoms with Crippen molar-refractivity contribution in [2.75, 3.05) is 5.32 Å². The lowest BCUT2D eigenvalue weighted by Crippen LogP contribution is -2.15. The Morgan fingerprint density at radius 3 is 2.55 bits per heavy atom. The lowest BCUT2D eigenvalue weighted by molar-refractivity contribution is -0.137. The largest absolute Gasteiger partial charge is 0.416 e. The minimum Gasteiger partial charge on any atom is -0.319 e. The predicted molar refractivity (Wildman–Crippen MR) is 137 cm³/mol. The van der Waals surface area contributed by atoms with E-state index in [2.05, 4.69) is 15.3 Å². The fraction of sp³-hybridized carbons (Fsp3) is 0.138. The van der Waals surface area contributed by atoms with E-state index in [-0.39, 0.29) is 5.56 Å². The summed E-state index contributed by atoms with van der Waals surface area (Å²) >= 11 is 0. The molecule has 0 atom stereocenters. The van der Waals surface area contributed by atoms with Gasteiger partial charge in [-0.15, -0.1) is 0 Å². The van der Waals surface area contributed by atoms with E-state index < -0.39 is 29.2 Å². The Morgan fingerprint density at radius 1 is 1.00 bits per heavy atom. The predicted octanol–water partition coefficient (Wildman–Crippen LogP) is 7.34. The van der Waals surface area contributed by atoms with Gasteiger partial charge in [-0.2, -0.15) is 13.2 Å². The quantitative estimate of drug-likeness (QED) is 0.248. The van der Waals surface area contributed by atoms with Gasteiger partial charge in [-0.3, -0.25) is 14.2 Å². The number of fused-ring (bicyclic) bond motifs is 1. The Balaban J connectivity index is 1.53. The van der Waals surface area contributed by atoms with Crippen LogP contribution in [0.1, 0.15) is 34.0 Å². The molecule has 5 rings (SSSR count). The first kappa shape index (κ1) is 25.1. The summed E-state index contributed by atoms with van der Waals surface area (Å²) in [5, 5.41) is 2.29. The third-order valence-electron chi connectivity index (χ3n) is 6.30. The zero-order chi connectivity index (χ0) is 27.0. The molecule has 2 aromatic heterocycles. The molecule has 0 fully saturated rings. The highest BCUT2D eigenvalue weighted by Crippen LogP contribution is 2.34. The van der Waals surface area contributed by atoms with Crippen LogP contribution in [0.5, 0.6) is 0 Å². The molecule has 0 saturated heterocycles. The van der Waals surface area contributed by atoms with E-state index in [4.69, 9.17) is 0 Å². The number of amides is 1. The molecule has 192 valence electrons. The van der Waals surface area contributed by atoms with Crippen LogP contribution in [0.25, 0.3) is 28.0 Å². The number of carbonyl (C=O) groups excluding carboxylic acids is 1. The van der Waals surface area contributed by atoms with E-state index in [0.29, 0.717) is 30.3 Å². The average Bonchev–Trinajstić information content (AvgIpc) is 3.33. The van der Waals surface area contributed by atoms with Gasteiger partial charge in [0.2, 0.25) is 0 Å². The molecule has 0 radical (unpaired) electrons. The van der Waals surface area contributed by atoms with Crippen LogP contribution in [0.2, 0.25) is 0 Å². The maximum atomic E-state index is 14.2. The average molecular weight is 519 g/mol. The molecule has 0 spiro atoms. The van der Waals surface area contributed by atoms with Crippen LogP contribution in [-0.4, -0.2) is 20.3 Å². The Labute approximate surface area is 215 Å². The number of aromatic nitrogens is 3. The zero-order valence-corrected chi connectivity index (χ0v) is 20.5. The number of hydrogen-bond acceptors (Lipinski definition) is 3. The Hall–Kier alpha value is -4.53. The number of aryl methyl sites for hydroxylation is 2. The van der Waals surface area contributed by atoms with Crippen molar-refractivity contribution < 1.29 is 22.4 Å². The Kier molecular flexibility index (Phi) is 6.44. The number of rotatable bonds is 5. The normalized spacial score (nSPS) is 11.6. The monoisotopic (exact) mass is 518 g/mol. The molecule has 1 amide bonds. The fourth-order valence-electron chi connectivity index (χ4n) is 4.43. The topological polar surface area (TPSA) is 59.3 Å². The van der Waals surface area contributed by atoms with E-state index in [1.54, 1.807) is 36.8 Å². The number of nitrogens with one attached hydrogen (secondary N) is 1. The van der Waals surface area contributed by atoms with Crippen molar-refractivity contribution in [3.63, 3.8) is 0 Å². The lowest BCUT2D eigenvalue weighted by atomic mass is 9.92. The number of halogens is 4. The van der Waals surface area contributed by atoms with Crippen molar-refractivity contribution in [2.45, 2.75) is 26.4 Å². The van der Waals surface area contributed by atoms with Gasteiger partial charge in [0.15, 0.2) is 5.65 Å². The molecule has 38 heavy (non-hydrogen) atoms. The summed E-state index contributed by atoms with van der Waals surface area (Å²) in [5.74, 6) is -1.67. The fourth-order valence-corrected chi connectivity index (χ4v) is 4.43. The van der Waals surface area contributed by atoms with Crippen LogP contribution < -0.4 is 5.32 Å². The maximum Gasteiger partial charge on any atom is 0.416 e. The van der Waals surface area contributed by atoms with E-state index in [0.717, 1.165) is 33.5 Å². The second-order valence-corrected chi connectivity index (χ2v) is 8.91. The molecule has 0 bridgehead atoms. The second kappa shape index (κ2) is 9.74. The smallest absolute Gasteiger partial charge is 0.319 e. The minimum atomic E-state index is -4.66. The highest BCUT2D eigenvalue weighted by atomic mass is 19.4. The highest BCUT2D eigenvalue weighted by molar-refractivity contribution is 6.05. The number of hydrogen-bond donors (Lipinski definition) is 1. The molecule has 5 aromatic rings. The summed E-state index contributed by atoms with van der Waals surface area (Å²) in [6.45, 7) is 3.96. The zero-order valence-electron chi connectivity index (χ0n) is 20.5. The molecule has 1 N–H and O–H groups in total. The number of benzene rings is 3. The molecule has 0 aliphatic rings. The summed E-state index contributed by atoms with van der Waals surface area (Å²) < 4.78 is 55.4. The number of anilines is 1. The third kappa shape index (κ3) is 4.87. The first-order chi connectivity index (χ1) is 18.1. The number of alkyl halides is 3. The standard InChI is InChI=1S/C29H22F4N4O/c1-3-18-4-5-19(28(38)36-25-14-22(29(31,32)33)6-7-24(25)30)13-23(18)20-10-17(2)11-21(12-20)26-15-35-27-16-34-8-9-37(26)27/h4-16H,3H2,1-2H3,(H,36,38). The van der Waals surface area contributed by atoms with E-state index in [9.17, 15) is 22.4 Å². The van der Waals surface area contributed by atoms with E-state index in [1.165, 1.54) is 0 Å². The molecular weight excluding hydrogens is 496 g/mol. The molecule has 3 aromatic carbocycles. The molecule has 0 unspecified atom stereocenters. The van der Waals surface area contributed by atoms with Gasteiger partial charge >= 0.3 is 6.18 Å². The molecule has 9 heteroatoms. The highest BCUT2D eigenvalue weighted by Gasteiger charge is 2.31. The van der Waals surface area contributed by atoms with Crippen molar-refractivity contribution in [1.82, 2.24) is 14.4 Å².